The lowest BCUT2D eigenvalue weighted by molar-refractivity contribution is -0.387. The maximum Gasteiger partial charge on any atom is 0.343 e. The molecule has 0 aliphatic heterocycles. The number of aromatic carboxylic acids is 1. The highest BCUT2D eigenvalue weighted by molar-refractivity contribution is 7.99. The van der Waals surface area contributed by atoms with Crippen molar-refractivity contribution in [3.05, 3.63) is 44.4 Å². The summed E-state index contributed by atoms with van der Waals surface area (Å²) in [4.78, 5) is 33.0. The molecule has 0 bridgehead atoms. The van der Waals surface area contributed by atoms with E-state index in [0.717, 1.165) is 11.8 Å². The third-order valence-corrected chi connectivity index (χ3v) is 3.78. The Kier molecular flexibility index (Phi) is 4.08. The Labute approximate surface area is 121 Å². The highest BCUT2D eigenvalue weighted by Crippen LogP contribution is 2.36. The average molecular weight is 310 g/mol. The molecule has 0 fully saturated rings. The number of benzene rings is 1. The molecule has 0 amide bonds. The molecule has 0 spiro atoms. The van der Waals surface area contributed by atoms with E-state index in [1.807, 2.05) is 0 Å². The molecule has 1 aromatic carbocycles. The number of carboxylic acid groups (broad SMARTS) is 1. The van der Waals surface area contributed by atoms with Gasteiger partial charge in [0.05, 0.1) is 10.5 Å². The van der Waals surface area contributed by atoms with Gasteiger partial charge in [0.25, 0.3) is 5.69 Å². The Morgan fingerprint density at radius 3 is 2.86 bits per heavy atom. The molecule has 1 heterocycles. The fourth-order valence-corrected chi connectivity index (χ4v) is 2.80. The van der Waals surface area contributed by atoms with E-state index >= 15 is 0 Å². The predicted octanol–water partition coefficient (Wildman–Crippen LogP) is 1.35. The van der Waals surface area contributed by atoms with E-state index in [2.05, 4.69) is 10.2 Å². The summed E-state index contributed by atoms with van der Waals surface area (Å²) in [5, 5.41) is 26.3. The van der Waals surface area contributed by atoms with Gasteiger partial charge < -0.3 is 5.11 Å². The van der Waals surface area contributed by atoms with Crippen LogP contribution in [0.5, 0.6) is 0 Å². The number of H-pyrrole nitrogens is 1. The van der Waals surface area contributed by atoms with Gasteiger partial charge >= 0.3 is 11.7 Å². The van der Waals surface area contributed by atoms with Gasteiger partial charge in [-0.1, -0.05) is 6.07 Å². The normalized spacial score (nSPS) is 10.5. The van der Waals surface area contributed by atoms with Crippen LogP contribution in [0.15, 0.2) is 33.0 Å². The van der Waals surface area contributed by atoms with Crippen LogP contribution in [0.1, 0.15) is 17.3 Å². The Morgan fingerprint density at radius 1 is 1.57 bits per heavy atom. The molecular weight excluding hydrogens is 300 g/mol. The van der Waals surface area contributed by atoms with Crippen LogP contribution in [0.4, 0.5) is 5.69 Å². The fraction of sp³-hybridized carbons (Fsp3) is 0.182. The zero-order chi connectivity index (χ0) is 15.6. The second-order valence-electron chi connectivity index (χ2n) is 3.87. The van der Waals surface area contributed by atoms with Gasteiger partial charge in [0, 0.05) is 12.6 Å². The fourth-order valence-electron chi connectivity index (χ4n) is 1.70. The van der Waals surface area contributed by atoms with Gasteiger partial charge in [-0.3, -0.25) is 14.7 Å². The Hall–Kier alpha value is -2.62. The number of carboxylic acids is 1. The minimum absolute atomic E-state index is 0.0660. The van der Waals surface area contributed by atoms with E-state index in [-0.39, 0.29) is 21.3 Å². The van der Waals surface area contributed by atoms with Gasteiger partial charge in [-0.15, -0.1) is 5.10 Å². The molecule has 10 heteroatoms. The third-order valence-electron chi connectivity index (χ3n) is 2.65. The molecule has 21 heavy (non-hydrogen) atoms. The first-order valence-electron chi connectivity index (χ1n) is 5.79. The first kappa shape index (κ1) is 14.8. The van der Waals surface area contributed by atoms with Crippen molar-refractivity contribution in [3.8, 4) is 0 Å². The van der Waals surface area contributed by atoms with E-state index in [9.17, 15) is 19.7 Å². The highest BCUT2D eigenvalue weighted by Gasteiger charge is 2.24. The SMILES string of the molecule is CCn1c(Sc2c(C(=O)O)cccc2[N+](=O)[O-])n[nH]c1=O. The van der Waals surface area contributed by atoms with Crippen LogP contribution in [0.3, 0.4) is 0 Å². The summed E-state index contributed by atoms with van der Waals surface area (Å²) in [5.74, 6) is -1.29. The van der Waals surface area contributed by atoms with Crippen molar-refractivity contribution >= 4 is 23.4 Å². The molecule has 1 aromatic heterocycles. The van der Waals surface area contributed by atoms with Crippen LogP contribution in [-0.2, 0) is 6.54 Å². The number of hydrogen-bond donors (Lipinski definition) is 2. The van der Waals surface area contributed by atoms with Crippen molar-refractivity contribution in [1.82, 2.24) is 14.8 Å². The monoisotopic (exact) mass is 310 g/mol. The lowest BCUT2D eigenvalue weighted by Gasteiger charge is -2.06. The van der Waals surface area contributed by atoms with Crippen LogP contribution in [0.25, 0.3) is 0 Å². The number of aromatic amines is 1. The number of nitro benzene ring substituents is 1. The molecule has 0 unspecified atom stereocenters. The molecule has 0 radical (unpaired) electrons. The van der Waals surface area contributed by atoms with Crippen molar-refractivity contribution in [2.45, 2.75) is 23.5 Å². The zero-order valence-corrected chi connectivity index (χ0v) is 11.6. The second kappa shape index (κ2) is 5.79. The largest absolute Gasteiger partial charge is 0.478 e. The summed E-state index contributed by atoms with van der Waals surface area (Å²) in [6.07, 6.45) is 0. The second-order valence-corrected chi connectivity index (χ2v) is 4.85. The Morgan fingerprint density at radius 2 is 2.29 bits per heavy atom. The molecule has 0 aliphatic rings. The Balaban J connectivity index is 2.59. The summed E-state index contributed by atoms with van der Waals surface area (Å²) < 4.78 is 1.26. The molecule has 9 nitrogen and oxygen atoms in total. The number of hydrogen-bond acceptors (Lipinski definition) is 6. The van der Waals surface area contributed by atoms with E-state index in [4.69, 9.17) is 5.11 Å². The summed E-state index contributed by atoms with van der Waals surface area (Å²) in [6, 6.07) is 3.76. The first-order valence-corrected chi connectivity index (χ1v) is 6.61. The standard InChI is InChI=1S/C11H10N4O5S/c1-2-14-10(18)12-13-11(14)21-8-6(9(16)17)4-3-5-7(8)15(19)20/h3-5H,2H2,1H3,(H,12,18)(H,16,17). The summed E-state index contributed by atoms with van der Waals surface area (Å²) in [5.41, 5.74) is -1.03. The molecule has 0 atom stereocenters. The lowest BCUT2D eigenvalue weighted by Crippen LogP contribution is -2.16. The molecule has 0 saturated carbocycles. The number of carbonyl (C=O) groups is 1. The third kappa shape index (κ3) is 2.79. The molecule has 2 N–H and O–H groups in total. The molecular formula is C11H10N4O5S. The average Bonchev–Trinajstić information content (AvgIpc) is 2.78. The quantitative estimate of drug-likeness (QED) is 0.629. The minimum Gasteiger partial charge on any atom is -0.478 e. The zero-order valence-electron chi connectivity index (χ0n) is 10.8. The topological polar surface area (TPSA) is 131 Å². The van der Waals surface area contributed by atoms with Crippen molar-refractivity contribution in [2.75, 3.05) is 0 Å². The molecule has 2 aromatic rings. The number of rotatable bonds is 5. The van der Waals surface area contributed by atoms with Crippen LogP contribution >= 0.6 is 11.8 Å². The van der Waals surface area contributed by atoms with E-state index < -0.39 is 16.6 Å². The number of aromatic nitrogens is 3. The molecule has 2 rings (SSSR count). The number of nitro groups is 1. The van der Waals surface area contributed by atoms with Crippen LogP contribution < -0.4 is 5.69 Å². The first-order chi connectivity index (χ1) is 9.95. The van der Waals surface area contributed by atoms with Crippen molar-refractivity contribution < 1.29 is 14.8 Å². The number of nitrogens with zero attached hydrogens (tertiary/aromatic N) is 3. The van der Waals surface area contributed by atoms with Crippen LogP contribution in [0, 0.1) is 10.1 Å². The van der Waals surface area contributed by atoms with Crippen LogP contribution in [-0.4, -0.2) is 30.8 Å². The lowest BCUT2D eigenvalue weighted by atomic mass is 10.2. The summed E-state index contributed by atoms with van der Waals surface area (Å²) >= 11 is 0.768. The molecule has 0 saturated heterocycles. The van der Waals surface area contributed by atoms with Crippen LogP contribution in [0.2, 0.25) is 0 Å². The maximum atomic E-state index is 11.5. The Bertz CT molecular complexity index is 734. The van der Waals surface area contributed by atoms with Gasteiger partial charge in [0.15, 0.2) is 5.16 Å². The van der Waals surface area contributed by atoms with Crippen molar-refractivity contribution in [3.63, 3.8) is 0 Å². The van der Waals surface area contributed by atoms with Gasteiger partial charge in [-0.2, -0.15) is 0 Å². The summed E-state index contributed by atoms with van der Waals surface area (Å²) in [6.45, 7) is 2.01. The van der Waals surface area contributed by atoms with Gasteiger partial charge in [-0.05, 0) is 24.8 Å². The van der Waals surface area contributed by atoms with Gasteiger partial charge in [-0.25, -0.2) is 14.7 Å². The number of nitrogens with one attached hydrogen (secondary N) is 1. The van der Waals surface area contributed by atoms with E-state index in [1.165, 1.54) is 22.8 Å². The van der Waals surface area contributed by atoms with E-state index in [0.29, 0.717) is 6.54 Å². The van der Waals surface area contributed by atoms with Gasteiger partial charge in [0.1, 0.15) is 4.90 Å². The maximum absolute atomic E-state index is 11.5. The van der Waals surface area contributed by atoms with Gasteiger partial charge in [0.2, 0.25) is 0 Å². The van der Waals surface area contributed by atoms with Crippen molar-refractivity contribution in [1.29, 1.82) is 0 Å². The van der Waals surface area contributed by atoms with Crippen molar-refractivity contribution in [2.24, 2.45) is 0 Å². The molecule has 0 aliphatic carbocycles. The van der Waals surface area contributed by atoms with E-state index in [1.54, 1.807) is 6.92 Å². The smallest absolute Gasteiger partial charge is 0.343 e. The highest BCUT2D eigenvalue weighted by atomic mass is 32.2. The summed E-state index contributed by atoms with van der Waals surface area (Å²) in [7, 11) is 0. The predicted molar refractivity (Wildman–Crippen MR) is 72.7 cm³/mol. The minimum atomic E-state index is -1.29. The molecule has 110 valence electrons.